The van der Waals surface area contributed by atoms with E-state index in [1.165, 1.54) is 10.9 Å². The Morgan fingerprint density at radius 3 is 2.89 bits per heavy atom. The van der Waals surface area contributed by atoms with Crippen molar-refractivity contribution in [2.75, 3.05) is 0 Å². The van der Waals surface area contributed by atoms with Crippen LogP contribution in [0.15, 0.2) is 12.4 Å². The first-order valence-electron chi connectivity index (χ1n) is 5.95. The summed E-state index contributed by atoms with van der Waals surface area (Å²) in [5.74, 6) is -0.275. The first-order chi connectivity index (χ1) is 8.80. The molecule has 8 heteroatoms. The van der Waals surface area contributed by atoms with Gasteiger partial charge in [0.2, 0.25) is 5.91 Å². The molecule has 1 amide bonds. The van der Waals surface area contributed by atoms with Crippen LogP contribution in [0.4, 0.5) is 5.69 Å². The summed E-state index contributed by atoms with van der Waals surface area (Å²) in [7, 11) is 0. The fourth-order valence-corrected chi connectivity index (χ4v) is 2.07. The lowest BCUT2D eigenvalue weighted by molar-refractivity contribution is -0.385. The van der Waals surface area contributed by atoms with Crippen LogP contribution in [0.1, 0.15) is 20.3 Å². The maximum Gasteiger partial charge on any atom is 0.307 e. The van der Waals surface area contributed by atoms with E-state index in [-0.39, 0.29) is 29.6 Å². The molecule has 0 radical (unpaired) electrons. The largest absolute Gasteiger partial charge is 0.392 e. The van der Waals surface area contributed by atoms with E-state index in [2.05, 4.69) is 10.4 Å². The zero-order valence-corrected chi connectivity index (χ0v) is 10.7. The Morgan fingerprint density at radius 2 is 2.42 bits per heavy atom. The monoisotopic (exact) mass is 268 g/mol. The molecule has 1 aromatic heterocycles. The van der Waals surface area contributed by atoms with Crippen LogP contribution >= 0.6 is 0 Å². The van der Waals surface area contributed by atoms with Crippen LogP contribution in [-0.2, 0) is 11.3 Å². The predicted octanol–water partition coefficient (Wildman–Crippen LogP) is 0.0669. The number of aliphatic hydroxyl groups is 1. The molecular weight excluding hydrogens is 252 g/mol. The predicted molar refractivity (Wildman–Crippen MR) is 65.2 cm³/mol. The van der Waals surface area contributed by atoms with Gasteiger partial charge in [-0.1, -0.05) is 13.8 Å². The van der Waals surface area contributed by atoms with Crippen molar-refractivity contribution in [3.63, 3.8) is 0 Å². The van der Waals surface area contributed by atoms with Crippen molar-refractivity contribution in [1.29, 1.82) is 0 Å². The van der Waals surface area contributed by atoms with Gasteiger partial charge in [0, 0.05) is 11.5 Å². The van der Waals surface area contributed by atoms with Crippen LogP contribution in [-0.4, -0.2) is 37.9 Å². The van der Waals surface area contributed by atoms with Crippen molar-refractivity contribution in [2.24, 2.45) is 5.41 Å². The minimum absolute atomic E-state index is 0.0729. The Bertz CT molecular complexity index is 511. The highest BCUT2D eigenvalue weighted by atomic mass is 16.6. The molecule has 0 aromatic carbocycles. The third-order valence-electron chi connectivity index (χ3n) is 3.69. The molecule has 19 heavy (non-hydrogen) atoms. The summed E-state index contributed by atoms with van der Waals surface area (Å²) in [6.07, 6.45) is 2.42. The molecule has 0 bridgehead atoms. The summed E-state index contributed by atoms with van der Waals surface area (Å²) in [4.78, 5) is 21.7. The van der Waals surface area contributed by atoms with Gasteiger partial charge in [-0.05, 0) is 6.42 Å². The highest BCUT2D eigenvalue weighted by Crippen LogP contribution is 2.40. The molecule has 1 aliphatic carbocycles. The van der Waals surface area contributed by atoms with Gasteiger partial charge in [0.1, 0.15) is 18.9 Å². The average Bonchev–Trinajstić information content (AvgIpc) is 2.77. The Kier molecular flexibility index (Phi) is 3.27. The summed E-state index contributed by atoms with van der Waals surface area (Å²) in [5, 5.41) is 26.6. The van der Waals surface area contributed by atoms with E-state index in [1.807, 2.05) is 13.8 Å². The Morgan fingerprint density at radius 1 is 1.74 bits per heavy atom. The maximum atomic E-state index is 11.8. The molecule has 0 spiro atoms. The van der Waals surface area contributed by atoms with E-state index < -0.39 is 11.0 Å². The highest BCUT2D eigenvalue weighted by Gasteiger charge is 2.47. The summed E-state index contributed by atoms with van der Waals surface area (Å²) in [6.45, 7) is 3.69. The summed E-state index contributed by atoms with van der Waals surface area (Å²) < 4.78 is 1.22. The van der Waals surface area contributed by atoms with Crippen LogP contribution in [0, 0.1) is 15.5 Å². The molecular formula is C11H16N4O4. The van der Waals surface area contributed by atoms with Gasteiger partial charge in [0.05, 0.1) is 11.0 Å². The molecule has 2 atom stereocenters. The number of nitro groups is 1. The second kappa shape index (κ2) is 4.61. The molecule has 2 unspecified atom stereocenters. The number of rotatable bonds is 4. The van der Waals surface area contributed by atoms with Crippen molar-refractivity contribution in [1.82, 2.24) is 15.1 Å². The molecule has 0 saturated heterocycles. The highest BCUT2D eigenvalue weighted by molar-refractivity contribution is 5.76. The minimum Gasteiger partial charge on any atom is -0.392 e. The van der Waals surface area contributed by atoms with Gasteiger partial charge in [0.15, 0.2) is 0 Å². The number of hydrogen-bond donors (Lipinski definition) is 2. The van der Waals surface area contributed by atoms with Crippen LogP contribution in [0.25, 0.3) is 0 Å². The van der Waals surface area contributed by atoms with Crippen molar-refractivity contribution in [2.45, 2.75) is 39.0 Å². The smallest absolute Gasteiger partial charge is 0.307 e. The molecule has 1 saturated carbocycles. The standard InChI is InChI=1S/C11H16N4O4/c1-11(2)8(3-9(11)16)13-10(17)6-14-5-7(4-12-14)15(18)19/h4-5,8-9,16H,3,6H2,1-2H3,(H,13,17). The summed E-state index contributed by atoms with van der Waals surface area (Å²) in [6, 6.07) is -0.0828. The fourth-order valence-electron chi connectivity index (χ4n) is 2.07. The van der Waals surface area contributed by atoms with E-state index in [4.69, 9.17) is 0 Å². The minimum atomic E-state index is -0.563. The van der Waals surface area contributed by atoms with Gasteiger partial charge in [-0.15, -0.1) is 0 Å². The number of aromatic nitrogens is 2. The topological polar surface area (TPSA) is 110 Å². The van der Waals surface area contributed by atoms with Crippen LogP contribution in [0.2, 0.25) is 0 Å². The Balaban J connectivity index is 1.89. The number of amides is 1. The van der Waals surface area contributed by atoms with Gasteiger partial charge < -0.3 is 10.4 Å². The van der Waals surface area contributed by atoms with E-state index in [1.54, 1.807) is 0 Å². The van der Waals surface area contributed by atoms with Crippen LogP contribution in [0.3, 0.4) is 0 Å². The quantitative estimate of drug-likeness (QED) is 0.593. The first kappa shape index (κ1) is 13.5. The number of nitrogens with zero attached hydrogens (tertiary/aromatic N) is 3. The lowest BCUT2D eigenvalue weighted by atomic mass is 9.64. The van der Waals surface area contributed by atoms with Crippen molar-refractivity contribution >= 4 is 11.6 Å². The zero-order chi connectivity index (χ0) is 14.2. The van der Waals surface area contributed by atoms with Crippen molar-refractivity contribution in [3.8, 4) is 0 Å². The first-order valence-corrected chi connectivity index (χ1v) is 5.95. The Hall–Kier alpha value is -1.96. The number of aliphatic hydroxyl groups excluding tert-OH is 1. The average molecular weight is 268 g/mol. The number of carbonyl (C=O) groups excluding carboxylic acids is 1. The van der Waals surface area contributed by atoms with Crippen molar-refractivity contribution in [3.05, 3.63) is 22.5 Å². The van der Waals surface area contributed by atoms with Gasteiger partial charge in [-0.25, -0.2) is 0 Å². The van der Waals surface area contributed by atoms with Gasteiger partial charge in [-0.2, -0.15) is 5.10 Å². The SMILES string of the molecule is CC1(C)C(O)CC1NC(=O)Cn1cc([N+](=O)[O-])cn1. The lowest BCUT2D eigenvalue weighted by Crippen LogP contribution is -2.61. The molecule has 8 nitrogen and oxygen atoms in total. The van der Waals surface area contributed by atoms with Crippen LogP contribution in [0.5, 0.6) is 0 Å². The Labute approximate surface area is 109 Å². The summed E-state index contributed by atoms with van der Waals surface area (Å²) >= 11 is 0. The molecule has 104 valence electrons. The van der Waals surface area contributed by atoms with E-state index in [0.717, 1.165) is 6.20 Å². The molecule has 2 rings (SSSR count). The maximum absolute atomic E-state index is 11.8. The normalized spacial score (nSPS) is 24.6. The van der Waals surface area contributed by atoms with E-state index >= 15 is 0 Å². The fraction of sp³-hybridized carbons (Fsp3) is 0.636. The number of carbonyl (C=O) groups is 1. The number of nitrogens with one attached hydrogen (secondary N) is 1. The third kappa shape index (κ3) is 2.58. The molecule has 1 aliphatic rings. The van der Waals surface area contributed by atoms with Crippen LogP contribution < -0.4 is 5.32 Å². The van der Waals surface area contributed by atoms with Gasteiger partial charge in [0.25, 0.3) is 0 Å². The van der Waals surface area contributed by atoms with Gasteiger partial charge >= 0.3 is 5.69 Å². The number of hydrogen-bond acceptors (Lipinski definition) is 5. The lowest BCUT2D eigenvalue weighted by Gasteiger charge is -2.49. The molecule has 1 aromatic rings. The molecule has 1 heterocycles. The van der Waals surface area contributed by atoms with Gasteiger partial charge in [-0.3, -0.25) is 19.6 Å². The second-order valence-electron chi connectivity index (χ2n) is 5.35. The second-order valence-corrected chi connectivity index (χ2v) is 5.35. The molecule has 2 N–H and O–H groups in total. The van der Waals surface area contributed by atoms with Crippen molar-refractivity contribution < 1.29 is 14.8 Å². The van der Waals surface area contributed by atoms with E-state index in [9.17, 15) is 20.0 Å². The zero-order valence-electron chi connectivity index (χ0n) is 10.7. The molecule has 0 aliphatic heterocycles. The third-order valence-corrected chi connectivity index (χ3v) is 3.69. The summed E-state index contributed by atoms with van der Waals surface area (Å²) in [5.41, 5.74) is -0.488. The molecule has 1 fully saturated rings. The van der Waals surface area contributed by atoms with E-state index in [0.29, 0.717) is 6.42 Å².